The summed E-state index contributed by atoms with van der Waals surface area (Å²) in [7, 11) is 0. The quantitative estimate of drug-likeness (QED) is 0.247. The van der Waals surface area contributed by atoms with Crippen molar-refractivity contribution in [2.24, 2.45) is 0 Å². The average molecular weight is 467 g/mol. The molecule has 2 aromatic carbocycles. The maximum atomic E-state index is 13.3. The Kier molecular flexibility index (Phi) is 5.90. The van der Waals surface area contributed by atoms with Crippen molar-refractivity contribution in [3.05, 3.63) is 62.9 Å². The molecule has 0 bridgehead atoms. The van der Waals surface area contributed by atoms with Crippen LogP contribution in [0.1, 0.15) is 0 Å². The molecule has 1 heterocycles. The summed E-state index contributed by atoms with van der Waals surface area (Å²) >= 11 is 4.45. The number of halogens is 2. The van der Waals surface area contributed by atoms with Gasteiger partial charge < -0.3 is 11.2 Å². The Labute approximate surface area is 170 Å². The third kappa shape index (κ3) is 4.28. The van der Waals surface area contributed by atoms with Crippen molar-refractivity contribution in [3.63, 3.8) is 0 Å². The molecule has 12 heteroatoms. The van der Waals surface area contributed by atoms with E-state index < -0.39 is 22.3 Å². The minimum absolute atomic E-state index is 0.0729. The van der Waals surface area contributed by atoms with Crippen LogP contribution in [-0.2, 0) is 4.79 Å². The SMILES string of the molecule is Nn1c(SCC(=O)Nc2ccc(F)c([N+](=O)[O-])c2)nnc1-c1ccccc1Br. The number of anilines is 1. The van der Waals surface area contributed by atoms with E-state index in [1.54, 1.807) is 0 Å². The third-order valence-corrected chi connectivity index (χ3v) is 5.17. The molecule has 9 nitrogen and oxygen atoms in total. The fourth-order valence-electron chi connectivity index (χ4n) is 2.26. The van der Waals surface area contributed by atoms with Crippen LogP contribution in [0.3, 0.4) is 0 Å². The summed E-state index contributed by atoms with van der Waals surface area (Å²) in [6.45, 7) is 0. The second-order valence-corrected chi connectivity index (χ2v) is 7.21. The lowest BCUT2D eigenvalue weighted by Crippen LogP contribution is -2.16. The first-order chi connectivity index (χ1) is 13.4. The molecule has 1 aromatic heterocycles. The summed E-state index contributed by atoms with van der Waals surface area (Å²) in [4.78, 5) is 22.0. The molecule has 28 heavy (non-hydrogen) atoms. The van der Waals surface area contributed by atoms with Gasteiger partial charge in [0, 0.05) is 21.8 Å². The lowest BCUT2D eigenvalue weighted by Gasteiger charge is -2.06. The van der Waals surface area contributed by atoms with Crippen LogP contribution < -0.4 is 11.2 Å². The predicted molar refractivity (Wildman–Crippen MR) is 106 cm³/mol. The number of nitrogens with two attached hydrogens (primary N) is 1. The van der Waals surface area contributed by atoms with E-state index in [1.165, 1.54) is 10.7 Å². The number of aromatic nitrogens is 3. The molecule has 3 N–H and O–H groups in total. The van der Waals surface area contributed by atoms with E-state index in [4.69, 9.17) is 5.84 Å². The number of nitrogens with zero attached hydrogens (tertiary/aromatic N) is 4. The fourth-order valence-corrected chi connectivity index (χ4v) is 3.38. The molecule has 0 fully saturated rings. The second kappa shape index (κ2) is 8.35. The molecule has 0 saturated heterocycles. The highest BCUT2D eigenvalue weighted by Crippen LogP contribution is 2.28. The number of nitro benzene ring substituents is 1. The molecule has 0 radical (unpaired) electrons. The van der Waals surface area contributed by atoms with Crippen LogP contribution in [0.2, 0.25) is 0 Å². The number of carbonyl (C=O) groups is 1. The summed E-state index contributed by atoms with van der Waals surface area (Å²) in [5, 5.41) is 21.6. The molecule has 0 spiro atoms. The van der Waals surface area contributed by atoms with Crippen LogP contribution >= 0.6 is 27.7 Å². The molecule has 144 valence electrons. The Balaban J connectivity index is 1.67. The van der Waals surface area contributed by atoms with Crippen LogP contribution in [0.5, 0.6) is 0 Å². The van der Waals surface area contributed by atoms with Crippen molar-refractivity contribution in [3.8, 4) is 11.4 Å². The largest absolute Gasteiger partial charge is 0.335 e. The van der Waals surface area contributed by atoms with Gasteiger partial charge in [-0.3, -0.25) is 14.9 Å². The molecule has 0 unspecified atom stereocenters. The zero-order valence-electron chi connectivity index (χ0n) is 14.0. The minimum Gasteiger partial charge on any atom is -0.335 e. The van der Waals surface area contributed by atoms with Crippen molar-refractivity contribution in [2.75, 3.05) is 16.9 Å². The van der Waals surface area contributed by atoms with Crippen LogP contribution in [0.4, 0.5) is 15.8 Å². The summed E-state index contributed by atoms with van der Waals surface area (Å²) in [6, 6.07) is 10.4. The number of rotatable bonds is 6. The molecule has 0 aliphatic rings. The maximum absolute atomic E-state index is 13.3. The summed E-state index contributed by atoms with van der Waals surface area (Å²) in [6.07, 6.45) is 0. The first kappa shape index (κ1) is 19.8. The van der Waals surface area contributed by atoms with Gasteiger partial charge in [-0.2, -0.15) is 4.39 Å². The number of hydrogen-bond donors (Lipinski definition) is 2. The van der Waals surface area contributed by atoms with Crippen molar-refractivity contribution in [1.82, 2.24) is 14.9 Å². The summed E-state index contributed by atoms with van der Waals surface area (Å²) < 4.78 is 15.4. The third-order valence-electron chi connectivity index (χ3n) is 3.54. The Morgan fingerprint density at radius 2 is 2.07 bits per heavy atom. The Hall–Kier alpha value is -2.99. The van der Waals surface area contributed by atoms with E-state index in [1.807, 2.05) is 24.3 Å². The zero-order chi connectivity index (χ0) is 20.3. The van der Waals surface area contributed by atoms with Crippen LogP contribution in [0.15, 0.2) is 52.1 Å². The van der Waals surface area contributed by atoms with Gasteiger partial charge in [0.2, 0.25) is 16.9 Å². The van der Waals surface area contributed by atoms with Crippen molar-refractivity contribution in [2.45, 2.75) is 5.16 Å². The Bertz CT molecular complexity index is 1060. The molecule has 0 aliphatic heterocycles. The van der Waals surface area contributed by atoms with E-state index in [-0.39, 0.29) is 11.4 Å². The number of carbonyl (C=O) groups excluding carboxylic acids is 1. The van der Waals surface area contributed by atoms with Gasteiger partial charge in [0.05, 0.1) is 10.7 Å². The molecule has 1 amide bonds. The highest BCUT2D eigenvalue weighted by Gasteiger charge is 2.17. The summed E-state index contributed by atoms with van der Waals surface area (Å²) in [5.74, 6) is 4.92. The van der Waals surface area contributed by atoms with Gasteiger partial charge >= 0.3 is 5.69 Å². The van der Waals surface area contributed by atoms with Gasteiger partial charge in [-0.1, -0.05) is 39.8 Å². The number of nitrogen functional groups attached to an aromatic ring is 1. The van der Waals surface area contributed by atoms with Crippen LogP contribution in [0, 0.1) is 15.9 Å². The molecule has 3 rings (SSSR count). The second-order valence-electron chi connectivity index (χ2n) is 5.42. The number of nitro groups is 1. The number of thioether (sulfide) groups is 1. The van der Waals surface area contributed by atoms with E-state index >= 15 is 0 Å². The van der Waals surface area contributed by atoms with Crippen LogP contribution in [0.25, 0.3) is 11.4 Å². The highest BCUT2D eigenvalue weighted by molar-refractivity contribution is 9.10. The van der Waals surface area contributed by atoms with Gasteiger partial charge in [0.25, 0.3) is 0 Å². The molecule has 0 atom stereocenters. The number of amides is 1. The number of hydrogen-bond acceptors (Lipinski definition) is 7. The minimum atomic E-state index is -0.979. The van der Waals surface area contributed by atoms with Crippen molar-refractivity contribution >= 4 is 45.0 Å². The molecule has 0 aliphatic carbocycles. The zero-order valence-corrected chi connectivity index (χ0v) is 16.4. The van der Waals surface area contributed by atoms with Gasteiger partial charge in [-0.25, -0.2) is 4.68 Å². The predicted octanol–water partition coefficient (Wildman–Crippen LogP) is 3.20. The number of nitrogens with one attached hydrogen (secondary N) is 1. The average Bonchev–Trinajstić information content (AvgIpc) is 3.02. The van der Waals surface area contributed by atoms with E-state index in [2.05, 4.69) is 31.4 Å². The van der Waals surface area contributed by atoms with Gasteiger partial charge in [-0.15, -0.1) is 10.2 Å². The van der Waals surface area contributed by atoms with Crippen LogP contribution in [-0.4, -0.2) is 31.5 Å². The fraction of sp³-hybridized carbons (Fsp3) is 0.0625. The smallest absolute Gasteiger partial charge is 0.306 e. The number of benzene rings is 2. The maximum Gasteiger partial charge on any atom is 0.306 e. The van der Waals surface area contributed by atoms with Crippen molar-refractivity contribution in [1.29, 1.82) is 0 Å². The first-order valence-electron chi connectivity index (χ1n) is 7.69. The highest BCUT2D eigenvalue weighted by atomic mass is 79.9. The molecule has 0 saturated carbocycles. The van der Waals surface area contributed by atoms with Crippen molar-refractivity contribution < 1.29 is 14.1 Å². The Morgan fingerprint density at radius 1 is 1.32 bits per heavy atom. The summed E-state index contributed by atoms with van der Waals surface area (Å²) in [5.41, 5.74) is 0.138. The standard InChI is InChI=1S/C16H12BrFN6O3S/c17-11-4-2-1-3-10(11)15-21-22-16(23(15)19)28-8-14(25)20-9-5-6-12(18)13(7-9)24(26)27/h1-7H,8,19H2,(H,20,25). The van der Waals surface area contributed by atoms with Gasteiger partial charge in [0.1, 0.15) is 0 Å². The normalized spacial score (nSPS) is 10.6. The lowest BCUT2D eigenvalue weighted by molar-refractivity contribution is -0.387. The molecular weight excluding hydrogens is 455 g/mol. The lowest BCUT2D eigenvalue weighted by atomic mass is 10.2. The van der Waals surface area contributed by atoms with E-state index in [0.29, 0.717) is 11.0 Å². The van der Waals surface area contributed by atoms with Gasteiger partial charge in [0.15, 0.2) is 5.82 Å². The topological polar surface area (TPSA) is 129 Å². The molecule has 3 aromatic rings. The molecular formula is C16H12BrFN6O3S. The first-order valence-corrected chi connectivity index (χ1v) is 9.46. The van der Waals surface area contributed by atoms with Gasteiger partial charge in [-0.05, 0) is 24.3 Å². The van der Waals surface area contributed by atoms with E-state index in [0.717, 1.165) is 33.9 Å². The monoisotopic (exact) mass is 466 g/mol. The van der Waals surface area contributed by atoms with E-state index in [9.17, 15) is 19.3 Å². The Morgan fingerprint density at radius 3 is 2.79 bits per heavy atom.